The van der Waals surface area contributed by atoms with Crippen molar-refractivity contribution in [1.82, 2.24) is 29.4 Å². The highest BCUT2D eigenvalue weighted by molar-refractivity contribution is 5.92. The van der Waals surface area contributed by atoms with Crippen molar-refractivity contribution >= 4 is 11.7 Å². The molecule has 1 amide bonds. The Morgan fingerprint density at radius 1 is 0.920 bits per heavy atom. The van der Waals surface area contributed by atoms with Crippen molar-refractivity contribution in [3.05, 3.63) is 61.2 Å². The molecule has 0 bridgehead atoms. The summed E-state index contributed by atoms with van der Waals surface area (Å²) >= 11 is 0. The van der Waals surface area contributed by atoms with E-state index < -0.39 is 0 Å². The number of hydrogen-bond acceptors (Lipinski definition) is 6. The van der Waals surface area contributed by atoms with Gasteiger partial charge >= 0.3 is 0 Å². The van der Waals surface area contributed by atoms with Gasteiger partial charge in [-0.2, -0.15) is 0 Å². The van der Waals surface area contributed by atoms with E-state index in [9.17, 15) is 4.79 Å². The second-order valence-corrected chi connectivity index (χ2v) is 5.69. The van der Waals surface area contributed by atoms with Crippen molar-refractivity contribution in [2.24, 2.45) is 0 Å². The predicted octanol–water partition coefficient (Wildman–Crippen LogP) is 1.02. The summed E-state index contributed by atoms with van der Waals surface area (Å²) < 4.78 is 1.94. The zero-order valence-electron chi connectivity index (χ0n) is 13.6. The van der Waals surface area contributed by atoms with Gasteiger partial charge in [0.2, 0.25) is 0 Å². The minimum atomic E-state index is -0.0801. The molecule has 0 atom stereocenters. The van der Waals surface area contributed by atoms with Gasteiger partial charge in [-0.3, -0.25) is 9.78 Å². The van der Waals surface area contributed by atoms with Crippen molar-refractivity contribution < 1.29 is 4.79 Å². The lowest BCUT2D eigenvalue weighted by molar-refractivity contribution is 0.0740. The Hall–Kier alpha value is -3.29. The Bertz CT molecular complexity index is 842. The quantitative estimate of drug-likeness (QED) is 0.711. The van der Waals surface area contributed by atoms with Gasteiger partial charge in [-0.05, 0) is 12.1 Å². The van der Waals surface area contributed by atoms with Crippen LogP contribution in [0.25, 0.3) is 5.82 Å². The molecular formula is C17H17N7O. The van der Waals surface area contributed by atoms with E-state index >= 15 is 0 Å². The van der Waals surface area contributed by atoms with E-state index in [0.717, 1.165) is 11.6 Å². The summed E-state index contributed by atoms with van der Waals surface area (Å²) in [6.07, 6.45) is 10.1. The average Bonchev–Trinajstić information content (AvgIpc) is 3.23. The van der Waals surface area contributed by atoms with E-state index in [1.165, 1.54) is 12.4 Å². The van der Waals surface area contributed by atoms with Crippen molar-refractivity contribution in [3.63, 3.8) is 0 Å². The zero-order valence-corrected chi connectivity index (χ0v) is 13.6. The first-order chi connectivity index (χ1) is 12.3. The molecule has 0 radical (unpaired) electrons. The van der Waals surface area contributed by atoms with Crippen LogP contribution >= 0.6 is 0 Å². The van der Waals surface area contributed by atoms with E-state index in [0.29, 0.717) is 31.9 Å². The van der Waals surface area contributed by atoms with E-state index in [-0.39, 0.29) is 5.91 Å². The summed E-state index contributed by atoms with van der Waals surface area (Å²) in [6, 6.07) is 5.87. The summed E-state index contributed by atoms with van der Waals surface area (Å²) in [5.74, 6) is 1.61. The van der Waals surface area contributed by atoms with Gasteiger partial charge in [0.25, 0.3) is 5.91 Å². The van der Waals surface area contributed by atoms with Gasteiger partial charge in [-0.1, -0.05) is 0 Å². The SMILES string of the molecule is O=C(c1cnccn1)N1CCN(c2cc(-n3cccc3)ncn2)CC1. The monoisotopic (exact) mass is 335 g/mol. The lowest BCUT2D eigenvalue weighted by Gasteiger charge is -2.35. The summed E-state index contributed by atoms with van der Waals surface area (Å²) in [5.41, 5.74) is 0.382. The highest BCUT2D eigenvalue weighted by Crippen LogP contribution is 2.16. The van der Waals surface area contributed by atoms with Gasteiger partial charge in [0.05, 0.1) is 6.20 Å². The third-order valence-electron chi connectivity index (χ3n) is 4.18. The number of piperazine rings is 1. The minimum absolute atomic E-state index is 0.0801. The summed E-state index contributed by atoms with van der Waals surface area (Å²) in [4.78, 5) is 33.1. The van der Waals surface area contributed by atoms with Crippen LogP contribution in [-0.4, -0.2) is 61.5 Å². The highest BCUT2D eigenvalue weighted by Gasteiger charge is 2.23. The maximum atomic E-state index is 12.4. The van der Waals surface area contributed by atoms with Crippen LogP contribution in [0.2, 0.25) is 0 Å². The maximum Gasteiger partial charge on any atom is 0.274 e. The second kappa shape index (κ2) is 6.68. The molecule has 4 rings (SSSR count). The average molecular weight is 335 g/mol. The smallest absolute Gasteiger partial charge is 0.274 e. The van der Waals surface area contributed by atoms with Crippen LogP contribution < -0.4 is 4.90 Å². The minimum Gasteiger partial charge on any atom is -0.353 e. The molecule has 1 saturated heterocycles. The van der Waals surface area contributed by atoms with Crippen LogP contribution in [-0.2, 0) is 0 Å². The molecule has 0 aromatic carbocycles. The number of anilines is 1. The number of nitrogens with zero attached hydrogens (tertiary/aromatic N) is 7. The predicted molar refractivity (Wildman–Crippen MR) is 91.5 cm³/mol. The number of hydrogen-bond donors (Lipinski definition) is 0. The number of aromatic nitrogens is 5. The molecule has 0 spiro atoms. The molecule has 4 heterocycles. The molecular weight excluding hydrogens is 318 g/mol. The Kier molecular flexibility index (Phi) is 4.07. The molecule has 0 saturated carbocycles. The zero-order chi connectivity index (χ0) is 17.1. The van der Waals surface area contributed by atoms with Crippen LogP contribution in [0.15, 0.2) is 55.5 Å². The Balaban J connectivity index is 1.44. The number of rotatable bonds is 3. The Morgan fingerprint density at radius 3 is 2.40 bits per heavy atom. The lowest BCUT2D eigenvalue weighted by Crippen LogP contribution is -2.49. The van der Waals surface area contributed by atoms with Gasteiger partial charge in [0, 0.05) is 57.0 Å². The first-order valence-electron chi connectivity index (χ1n) is 8.07. The summed E-state index contributed by atoms with van der Waals surface area (Å²) in [6.45, 7) is 2.68. The first kappa shape index (κ1) is 15.3. The summed E-state index contributed by atoms with van der Waals surface area (Å²) in [5, 5.41) is 0. The third-order valence-corrected chi connectivity index (χ3v) is 4.18. The van der Waals surface area contributed by atoms with E-state index in [1.807, 2.05) is 35.2 Å². The maximum absolute atomic E-state index is 12.4. The molecule has 8 heteroatoms. The van der Waals surface area contributed by atoms with Crippen LogP contribution in [0.5, 0.6) is 0 Å². The fourth-order valence-electron chi connectivity index (χ4n) is 2.85. The highest BCUT2D eigenvalue weighted by atomic mass is 16.2. The largest absolute Gasteiger partial charge is 0.353 e. The van der Waals surface area contributed by atoms with Crippen molar-refractivity contribution in [3.8, 4) is 5.82 Å². The van der Waals surface area contributed by atoms with E-state index in [1.54, 1.807) is 17.4 Å². The van der Waals surface area contributed by atoms with E-state index in [2.05, 4.69) is 24.8 Å². The summed E-state index contributed by atoms with van der Waals surface area (Å²) in [7, 11) is 0. The fourth-order valence-corrected chi connectivity index (χ4v) is 2.85. The molecule has 1 aliphatic heterocycles. The van der Waals surface area contributed by atoms with Gasteiger partial charge < -0.3 is 14.4 Å². The second-order valence-electron chi connectivity index (χ2n) is 5.69. The van der Waals surface area contributed by atoms with Crippen molar-refractivity contribution in [1.29, 1.82) is 0 Å². The molecule has 3 aromatic heterocycles. The Labute approximate surface area is 144 Å². The van der Waals surface area contributed by atoms with Crippen molar-refractivity contribution in [2.75, 3.05) is 31.1 Å². The van der Waals surface area contributed by atoms with Crippen LogP contribution in [0.3, 0.4) is 0 Å². The number of carbonyl (C=O) groups excluding carboxylic acids is 1. The first-order valence-corrected chi connectivity index (χ1v) is 8.07. The molecule has 25 heavy (non-hydrogen) atoms. The number of carbonyl (C=O) groups is 1. The van der Waals surface area contributed by atoms with Gasteiger partial charge in [-0.15, -0.1) is 0 Å². The van der Waals surface area contributed by atoms with Gasteiger partial charge in [-0.25, -0.2) is 15.0 Å². The molecule has 0 unspecified atom stereocenters. The third kappa shape index (κ3) is 3.18. The molecule has 126 valence electrons. The van der Waals surface area contributed by atoms with Crippen LogP contribution in [0.1, 0.15) is 10.5 Å². The molecule has 0 N–H and O–H groups in total. The molecule has 8 nitrogen and oxygen atoms in total. The van der Waals surface area contributed by atoms with Crippen LogP contribution in [0, 0.1) is 0 Å². The van der Waals surface area contributed by atoms with Crippen molar-refractivity contribution in [2.45, 2.75) is 0 Å². The fraction of sp³-hybridized carbons (Fsp3) is 0.235. The van der Waals surface area contributed by atoms with Gasteiger partial charge in [0.15, 0.2) is 0 Å². The van der Waals surface area contributed by atoms with Crippen LogP contribution in [0.4, 0.5) is 5.82 Å². The Morgan fingerprint density at radius 2 is 1.68 bits per heavy atom. The molecule has 1 aliphatic rings. The molecule has 1 fully saturated rings. The molecule has 0 aliphatic carbocycles. The number of amides is 1. The normalized spacial score (nSPS) is 14.6. The topological polar surface area (TPSA) is 80.0 Å². The molecule has 3 aromatic rings. The van der Waals surface area contributed by atoms with E-state index in [4.69, 9.17) is 0 Å². The lowest BCUT2D eigenvalue weighted by atomic mass is 10.2. The van der Waals surface area contributed by atoms with Gasteiger partial charge in [0.1, 0.15) is 23.7 Å². The standard InChI is InChI=1S/C17H17N7O/c25-17(14-12-18-3-4-19-14)24-9-7-23(8-10-24)16-11-15(20-13-21-16)22-5-1-2-6-22/h1-6,11-13H,7-10H2.